The summed E-state index contributed by atoms with van der Waals surface area (Å²) in [5, 5.41) is 2.51. The predicted octanol–water partition coefficient (Wildman–Crippen LogP) is 3.16. The molecule has 0 aliphatic carbocycles. The Hall–Kier alpha value is -2.30. The number of rotatable bonds is 6. The molecule has 1 aromatic rings. The average Bonchev–Trinajstić information content (AvgIpc) is 2.43. The molecule has 22 heavy (non-hydrogen) atoms. The van der Waals surface area contributed by atoms with E-state index in [0.29, 0.717) is 0 Å². The highest BCUT2D eigenvalue weighted by molar-refractivity contribution is 5.72. The second-order valence-electron chi connectivity index (χ2n) is 5.67. The molecule has 0 heterocycles. The molecule has 0 aromatic heterocycles. The van der Waals surface area contributed by atoms with Crippen molar-refractivity contribution in [3.63, 3.8) is 0 Å². The van der Waals surface area contributed by atoms with Crippen LogP contribution in [0.4, 0.5) is 4.79 Å². The van der Waals surface area contributed by atoms with Crippen LogP contribution in [-0.4, -0.2) is 30.8 Å². The molecule has 0 aliphatic heterocycles. The van der Waals surface area contributed by atoms with E-state index in [1.54, 1.807) is 26.8 Å². The number of hydrogen-bond acceptors (Lipinski definition) is 4. The summed E-state index contributed by atoms with van der Waals surface area (Å²) in [4.78, 5) is 22.8. The van der Waals surface area contributed by atoms with Gasteiger partial charge in [-0.2, -0.15) is 0 Å². The zero-order valence-corrected chi connectivity index (χ0v) is 13.3. The number of amides is 1. The molecule has 1 N–H and O–H groups in total. The largest absolute Gasteiger partial charge is 0.461 e. The molecule has 0 aliphatic rings. The van der Waals surface area contributed by atoms with E-state index in [0.717, 1.165) is 5.56 Å². The maximum Gasteiger partial charge on any atom is 0.407 e. The second-order valence-corrected chi connectivity index (χ2v) is 5.67. The highest BCUT2D eigenvalue weighted by atomic mass is 16.6. The van der Waals surface area contributed by atoms with E-state index in [2.05, 4.69) is 5.32 Å². The number of esters is 1. The number of ether oxygens (including phenoxy) is 2. The maximum atomic E-state index is 11.5. The van der Waals surface area contributed by atoms with Gasteiger partial charge in [-0.3, -0.25) is 4.79 Å². The van der Waals surface area contributed by atoms with E-state index >= 15 is 0 Å². The first-order valence-electron chi connectivity index (χ1n) is 7.21. The van der Waals surface area contributed by atoms with Crippen LogP contribution in [-0.2, 0) is 14.3 Å². The van der Waals surface area contributed by atoms with Crippen LogP contribution in [0.15, 0.2) is 36.4 Å². The summed E-state index contributed by atoms with van der Waals surface area (Å²) >= 11 is 0. The third kappa shape index (κ3) is 8.79. The minimum absolute atomic E-state index is 0.110. The predicted molar refractivity (Wildman–Crippen MR) is 85.3 cm³/mol. The quantitative estimate of drug-likeness (QED) is 0.820. The topological polar surface area (TPSA) is 64.6 Å². The summed E-state index contributed by atoms with van der Waals surface area (Å²) in [5.41, 5.74) is 0.498. The third-order valence-electron chi connectivity index (χ3n) is 2.45. The molecule has 1 rings (SSSR count). The number of carbonyl (C=O) groups is 2. The Morgan fingerprint density at radius 1 is 1.18 bits per heavy atom. The van der Waals surface area contributed by atoms with Gasteiger partial charge >= 0.3 is 12.1 Å². The molecule has 0 atom stereocenters. The van der Waals surface area contributed by atoms with E-state index in [1.807, 2.05) is 36.4 Å². The number of carbonyl (C=O) groups excluding carboxylic acids is 2. The molecule has 5 nitrogen and oxygen atoms in total. The molecular formula is C17H23NO4. The van der Waals surface area contributed by atoms with Gasteiger partial charge in [0.25, 0.3) is 0 Å². The lowest BCUT2D eigenvalue weighted by Crippen LogP contribution is -2.33. The van der Waals surface area contributed by atoms with Gasteiger partial charge in [-0.1, -0.05) is 36.4 Å². The number of benzene rings is 1. The van der Waals surface area contributed by atoms with Gasteiger partial charge in [0.15, 0.2) is 0 Å². The highest BCUT2D eigenvalue weighted by Crippen LogP contribution is 2.06. The molecular weight excluding hydrogens is 282 g/mol. The molecule has 0 saturated heterocycles. The van der Waals surface area contributed by atoms with Crippen LogP contribution >= 0.6 is 0 Å². The van der Waals surface area contributed by atoms with Gasteiger partial charge in [0.2, 0.25) is 0 Å². The van der Waals surface area contributed by atoms with E-state index in [-0.39, 0.29) is 25.5 Å². The first-order chi connectivity index (χ1) is 10.4. The summed E-state index contributed by atoms with van der Waals surface area (Å²) in [7, 11) is 0. The van der Waals surface area contributed by atoms with Crippen LogP contribution in [0.1, 0.15) is 32.8 Å². The minimum Gasteiger partial charge on any atom is -0.461 e. The van der Waals surface area contributed by atoms with E-state index in [4.69, 9.17) is 9.47 Å². The number of nitrogens with one attached hydrogen (secondary N) is 1. The van der Waals surface area contributed by atoms with Crippen LogP contribution in [0.5, 0.6) is 0 Å². The third-order valence-corrected chi connectivity index (χ3v) is 2.45. The van der Waals surface area contributed by atoms with Crippen LogP contribution in [0.2, 0.25) is 0 Å². The Bertz CT molecular complexity index is 503. The van der Waals surface area contributed by atoms with Gasteiger partial charge in [0.05, 0.1) is 6.42 Å². The van der Waals surface area contributed by atoms with Gasteiger partial charge in [0, 0.05) is 6.54 Å². The summed E-state index contributed by atoms with van der Waals surface area (Å²) in [6.45, 7) is 5.73. The molecule has 0 spiro atoms. The number of alkyl carbamates (subject to hydrolysis) is 1. The van der Waals surface area contributed by atoms with Crippen LogP contribution in [0, 0.1) is 0 Å². The Morgan fingerprint density at radius 2 is 1.86 bits per heavy atom. The lowest BCUT2D eigenvalue weighted by Gasteiger charge is -2.19. The molecule has 1 aromatic carbocycles. The molecule has 120 valence electrons. The maximum absolute atomic E-state index is 11.5. The molecule has 0 radical (unpaired) electrons. The minimum atomic E-state index is -0.549. The van der Waals surface area contributed by atoms with Gasteiger partial charge < -0.3 is 14.8 Å². The van der Waals surface area contributed by atoms with Gasteiger partial charge in [-0.05, 0) is 32.4 Å². The first-order valence-corrected chi connectivity index (χ1v) is 7.21. The van der Waals surface area contributed by atoms with Crippen molar-refractivity contribution in [2.24, 2.45) is 0 Å². The molecule has 0 saturated carbocycles. The lowest BCUT2D eigenvalue weighted by atomic mass is 10.2. The molecule has 5 heteroatoms. The molecule has 0 fully saturated rings. The first kappa shape index (κ1) is 17.8. The standard InChI is InChI=1S/C17H23NO4/c1-17(2,3)22-16(20)18-12-11-15(19)21-13-7-10-14-8-5-4-6-9-14/h4-10H,11-13H2,1-3H3,(H,18,20)/b10-7+. The Kier molecular flexibility index (Phi) is 7.16. The summed E-state index contributed by atoms with van der Waals surface area (Å²) in [6, 6.07) is 9.74. The Labute approximate surface area is 131 Å². The van der Waals surface area contributed by atoms with Crippen molar-refractivity contribution in [3.05, 3.63) is 42.0 Å². The molecule has 1 amide bonds. The van der Waals surface area contributed by atoms with Crippen molar-refractivity contribution in [1.82, 2.24) is 5.32 Å². The molecule has 0 unspecified atom stereocenters. The number of hydrogen-bond donors (Lipinski definition) is 1. The van der Waals surface area contributed by atoms with Crippen molar-refractivity contribution in [2.45, 2.75) is 32.8 Å². The van der Waals surface area contributed by atoms with Gasteiger partial charge in [0.1, 0.15) is 12.2 Å². The van der Waals surface area contributed by atoms with Gasteiger partial charge in [-0.15, -0.1) is 0 Å². The van der Waals surface area contributed by atoms with E-state index < -0.39 is 11.7 Å². The summed E-state index contributed by atoms with van der Waals surface area (Å²) in [5.74, 6) is -0.367. The van der Waals surface area contributed by atoms with Crippen molar-refractivity contribution < 1.29 is 19.1 Å². The summed E-state index contributed by atoms with van der Waals surface area (Å²) in [6.07, 6.45) is 3.23. The van der Waals surface area contributed by atoms with Crippen molar-refractivity contribution in [2.75, 3.05) is 13.2 Å². The van der Waals surface area contributed by atoms with Crippen molar-refractivity contribution in [1.29, 1.82) is 0 Å². The SMILES string of the molecule is CC(C)(C)OC(=O)NCCC(=O)OC/C=C/c1ccccc1. The second kappa shape index (κ2) is 8.87. The van der Waals surface area contributed by atoms with E-state index in [9.17, 15) is 9.59 Å². The Morgan fingerprint density at radius 3 is 2.50 bits per heavy atom. The smallest absolute Gasteiger partial charge is 0.407 e. The Balaban J connectivity index is 2.14. The normalized spacial score (nSPS) is 11.2. The monoisotopic (exact) mass is 305 g/mol. The van der Waals surface area contributed by atoms with Crippen molar-refractivity contribution in [3.8, 4) is 0 Å². The average molecular weight is 305 g/mol. The lowest BCUT2D eigenvalue weighted by molar-refractivity contribution is -0.142. The fourth-order valence-electron chi connectivity index (χ4n) is 1.54. The van der Waals surface area contributed by atoms with Crippen LogP contribution in [0.25, 0.3) is 6.08 Å². The zero-order chi connectivity index (χ0) is 16.4. The van der Waals surface area contributed by atoms with Gasteiger partial charge in [-0.25, -0.2) is 4.79 Å². The fraction of sp³-hybridized carbons (Fsp3) is 0.412. The van der Waals surface area contributed by atoms with E-state index in [1.165, 1.54) is 0 Å². The molecule has 0 bridgehead atoms. The van der Waals surface area contributed by atoms with Crippen LogP contribution < -0.4 is 5.32 Å². The zero-order valence-electron chi connectivity index (χ0n) is 13.3. The summed E-state index contributed by atoms with van der Waals surface area (Å²) < 4.78 is 10.1. The van der Waals surface area contributed by atoms with Crippen LogP contribution in [0.3, 0.4) is 0 Å². The fourth-order valence-corrected chi connectivity index (χ4v) is 1.54. The van der Waals surface area contributed by atoms with Crippen molar-refractivity contribution >= 4 is 18.1 Å². The highest BCUT2D eigenvalue weighted by Gasteiger charge is 2.15.